The molecule has 244 valence electrons. The number of rotatable bonds is 3. The summed E-state index contributed by atoms with van der Waals surface area (Å²) in [5, 5.41) is 6.98. The lowest BCUT2D eigenvalue weighted by molar-refractivity contribution is 0.663. The molecule has 6 aromatic carbocycles. The summed E-state index contributed by atoms with van der Waals surface area (Å²) in [5.41, 5.74) is 9.83. The highest BCUT2D eigenvalue weighted by Gasteiger charge is 2.38. The predicted octanol–water partition coefficient (Wildman–Crippen LogP) is 11.9. The van der Waals surface area contributed by atoms with Crippen LogP contribution in [0.5, 0.6) is 0 Å². The Morgan fingerprint density at radius 1 is 0.500 bits per heavy atom. The van der Waals surface area contributed by atoms with E-state index in [9.17, 15) is 0 Å². The minimum atomic E-state index is 0.130. The minimum Gasteiger partial charge on any atom is -0.452 e. The smallest absolute Gasteiger partial charge is 0.183 e. The number of allylic oxidation sites excluding steroid dienone is 2. The highest BCUT2D eigenvalue weighted by atomic mass is 16.3. The van der Waals surface area contributed by atoms with E-state index < -0.39 is 0 Å². The van der Waals surface area contributed by atoms with Crippen molar-refractivity contribution in [3.63, 3.8) is 0 Å². The van der Waals surface area contributed by atoms with E-state index in [1.807, 2.05) is 6.07 Å². The Bertz CT molecular complexity index is 3120. The van der Waals surface area contributed by atoms with Crippen molar-refractivity contribution in [3.8, 4) is 11.5 Å². The molecule has 52 heavy (non-hydrogen) atoms. The van der Waals surface area contributed by atoms with Crippen molar-refractivity contribution in [1.29, 1.82) is 0 Å². The normalized spacial score (nSPS) is 16.7. The zero-order valence-corrected chi connectivity index (χ0v) is 28.0. The second-order valence-corrected chi connectivity index (χ2v) is 13.9. The van der Waals surface area contributed by atoms with Gasteiger partial charge in [0.2, 0.25) is 0 Å². The molecule has 10 aromatic rings. The fourth-order valence-electron chi connectivity index (χ4n) is 9.05. The Hall–Kier alpha value is -6.85. The van der Waals surface area contributed by atoms with E-state index in [1.54, 1.807) is 0 Å². The van der Waals surface area contributed by atoms with Crippen LogP contribution >= 0.6 is 0 Å². The van der Waals surface area contributed by atoms with Crippen LogP contribution in [0.25, 0.3) is 77.1 Å². The zero-order valence-electron chi connectivity index (χ0n) is 28.0. The molecule has 5 heteroatoms. The van der Waals surface area contributed by atoms with Gasteiger partial charge in [-0.3, -0.25) is 4.57 Å². The Kier molecular flexibility index (Phi) is 5.55. The maximum Gasteiger partial charge on any atom is 0.183 e. The molecular weight excluding hydrogens is 637 g/mol. The zero-order chi connectivity index (χ0) is 33.9. The lowest BCUT2D eigenvalue weighted by Gasteiger charge is -2.28. The average Bonchev–Trinajstić information content (AvgIpc) is 3.94. The lowest BCUT2D eigenvalue weighted by atomic mass is 9.91. The summed E-state index contributed by atoms with van der Waals surface area (Å²) in [6.45, 7) is 0. The fourth-order valence-corrected chi connectivity index (χ4v) is 9.05. The van der Waals surface area contributed by atoms with Crippen LogP contribution in [0.1, 0.15) is 11.5 Å². The van der Waals surface area contributed by atoms with Gasteiger partial charge >= 0.3 is 0 Å². The molecule has 0 amide bonds. The van der Waals surface area contributed by atoms with Gasteiger partial charge in [-0.05, 0) is 60.2 Å². The molecule has 5 heterocycles. The maximum absolute atomic E-state index is 6.75. The number of pyridine rings is 1. The van der Waals surface area contributed by atoms with Gasteiger partial charge < -0.3 is 13.9 Å². The number of anilines is 2. The monoisotopic (exact) mass is 666 g/mol. The van der Waals surface area contributed by atoms with Crippen molar-refractivity contribution in [2.45, 2.75) is 12.0 Å². The Morgan fingerprint density at radius 2 is 1.12 bits per heavy atom. The largest absolute Gasteiger partial charge is 0.452 e. The highest BCUT2D eigenvalue weighted by molar-refractivity contribution is 6.14. The van der Waals surface area contributed by atoms with Gasteiger partial charge in [0, 0.05) is 49.6 Å². The summed E-state index contributed by atoms with van der Waals surface area (Å²) in [7, 11) is 0. The molecule has 0 fully saturated rings. The van der Waals surface area contributed by atoms with Gasteiger partial charge in [-0.15, -0.1) is 0 Å². The third-order valence-electron chi connectivity index (χ3n) is 11.2. The summed E-state index contributed by atoms with van der Waals surface area (Å²) >= 11 is 0. The SMILES string of the molecule is C1=CC2c3ccccc3N(c3cc4c(oc5ccccc54)c(-n4c5ccccc5c5cc(-n6c7ccccc7c7ccccc76)ccc54)n3)C2C=C1. The van der Waals surface area contributed by atoms with Crippen LogP contribution in [0.15, 0.2) is 174 Å². The molecule has 0 bridgehead atoms. The fraction of sp³-hybridized carbons (Fsp3) is 0.0426. The Morgan fingerprint density at radius 3 is 1.90 bits per heavy atom. The van der Waals surface area contributed by atoms with Crippen molar-refractivity contribution in [2.24, 2.45) is 0 Å². The molecule has 2 atom stereocenters. The molecule has 5 nitrogen and oxygen atoms in total. The second kappa shape index (κ2) is 10.3. The van der Waals surface area contributed by atoms with Gasteiger partial charge in [0.25, 0.3) is 0 Å². The van der Waals surface area contributed by atoms with E-state index in [1.165, 1.54) is 43.8 Å². The molecule has 2 unspecified atom stereocenters. The standard InChI is InChI=1S/C47H30N4O/c1-7-19-38-30(13-1)31-14-2-8-20-39(31)49(38)29-25-26-43-36(27-29)34-17-5-11-23-42(34)51(43)47-46-37(35-18-6-12-24-44(35)52-46)28-45(48-47)50-40-21-9-3-15-32(40)33-16-4-10-22-41(33)50/h1-28,32,40H. The summed E-state index contributed by atoms with van der Waals surface area (Å²) in [5.74, 6) is 1.95. The van der Waals surface area contributed by atoms with E-state index in [-0.39, 0.29) is 12.0 Å². The van der Waals surface area contributed by atoms with E-state index in [2.05, 4.69) is 178 Å². The summed E-state index contributed by atoms with van der Waals surface area (Å²) in [4.78, 5) is 8.01. The van der Waals surface area contributed by atoms with Crippen molar-refractivity contribution in [2.75, 3.05) is 4.90 Å². The van der Waals surface area contributed by atoms with Crippen LogP contribution in [0.3, 0.4) is 0 Å². The molecule has 12 rings (SSSR count). The number of para-hydroxylation sites is 5. The predicted molar refractivity (Wildman–Crippen MR) is 214 cm³/mol. The van der Waals surface area contributed by atoms with Crippen molar-refractivity contribution in [1.82, 2.24) is 14.1 Å². The summed E-state index contributed by atoms with van der Waals surface area (Å²) < 4.78 is 11.4. The summed E-state index contributed by atoms with van der Waals surface area (Å²) in [6.07, 6.45) is 8.95. The van der Waals surface area contributed by atoms with Crippen molar-refractivity contribution >= 4 is 77.1 Å². The van der Waals surface area contributed by atoms with Crippen LogP contribution < -0.4 is 4.90 Å². The third-order valence-corrected chi connectivity index (χ3v) is 11.2. The second-order valence-electron chi connectivity index (χ2n) is 13.9. The van der Waals surface area contributed by atoms with Crippen LogP contribution in [0.4, 0.5) is 11.5 Å². The minimum absolute atomic E-state index is 0.130. The average molecular weight is 667 g/mol. The summed E-state index contributed by atoms with van der Waals surface area (Å²) in [6, 6.07) is 52.3. The van der Waals surface area contributed by atoms with Crippen LogP contribution in [-0.2, 0) is 0 Å². The van der Waals surface area contributed by atoms with E-state index >= 15 is 0 Å². The number of nitrogens with zero attached hydrogens (tertiary/aromatic N) is 4. The van der Waals surface area contributed by atoms with Gasteiger partial charge in [0.05, 0.1) is 28.1 Å². The molecule has 0 saturated carbocycles. The molecular formula is C47H30N4O. The van der Waals surface area contributed by atoms with E-state index in [0.717, 1.165) is 50.3 Å². The van der Waals surface area contributed by atoms with Crippen LogP contribution in [-0.4, -0.2) is 20.2 Å². The van der Waals surface area contributed by atoms with Crippen LogP contribution in [0.2, 0.25) is 0 Å². The first kappa shape index (κ1) is 27.9. The Labute approximate surface area is 298 Å². The molecule has 0 saturated heterocycles. The van der Waals surface area contributed by atoms with E-state index in [0.29, 0.717) is 0 Å². The van der Waals surface area contributed by atoms with Gasteiger partial charge in [0.15, 0.2) is 11.4 Å². The van der Waals surface area contributed by atoms with E-state index in [4.69, 9.17) is 9.40 Å². The molecule has 0 spiro atoms. The lowest BCUT2D eigenvalue weighted by Crippen LogP contribution is -2.29. The number of hydrogen-bond acceptors (Lipinski definition) is 3. The quantitative estimate of drug-likeness (QED) is 0.188. The first-order valence-electron chi connectivity index (χ1n) is 17.9. The Balaban J connectivity index is 1.16. The number of benzene rings is 6. The highest BCUT2D eigenvalue weighted by Crippen LogP contribution is 2.49. The van der Waals surface area contributed by atoms with Gasteiger partial charge in [0.1, 0.15) is 11.4 Å². The number of fused-ring (bicyclic) bond motifs is 12. The molecule has 4 aromatic heterocycles. The van der Waals surface area contributed by atoms with Gasteiger partial charge in [-0.25, -0.2) is 4.98 Å². The molecule has 1 aliphatic carbocycles. The van der Waals surface area contributed by atoms with Gasteiger partial charge in [-0.2, -0.15) is 0 Å². The number of aromatic nitrogens is 3. The molecule has 0 N–H and O–H groups in total. The number of hydrogen-bond donors (Lipinski definition) is 0. The number of furan rings is 1. The first-order valence-corrected chi connectivity index (χ1v) is 17.9. The maximum atomic E-state index is 6.75. The molecule has 1 aliphatic heterocycles. The van der Waals surface area contributed by atoms with Crippen LogP contribution in [0, 0.1) is 0 Å². The third kappa shape index (κ3) is 3.69. The van der Waals surface area contributed by atoms with Gasteiger partial charge in [-0.1, -0.05) is 115 Å². The topological polar surface area (TPSA) is 39.1 Å². The molecule has 0 radical (unpaired) electrons. The first-order chi connectivity index (χ1) is 25.8. The van der Waals surface area contributed by atoms with Crippen molar-refractivity contribution in [3.05, 3.63) is 175 Å². The van der Waals surface area contributed by atoms with Crippen molar-refractivity contribution < 1.29 is 4.42 Å². The molecule has 2 aliphatic rings.